The molecule has 1 aromatic heterocycles. The molecule has 1 aliphatic heterocycles. The van der Waals surface area contributed by atoms with Crippen molar-refractivity contribution in [3.8, 4) is 0 Å². The number of aromatic nitrogens is 1. The molecule has 26 heavy (non-hydrogen) atoms. The van der Waals surface area contributed by atoms with Gasteiger partial charge in [0.1, 0.15) is 11.6 Å². The molecular weight excluding hydrogens is 369 g/mol. The van der Waals surface area contributed by atoms with Crippen molar-refractivity contribution < 1.29 is 27.5 Å². The number of esters is 1. The number of amides is 1. The van der Waals surface area contributed by atoms with E-state index in [0.29, 0.717) is 21.8 Å². The lowest BCUT2D eigenvalue weighted by molar-refractivity contribution is -0.137. The van der Waals surface area contributed by atoms with E-state index in [1.54, 1.807) is 13.0 Å². The van der Waals surface area contributed by atoms with E-state index < -0.39 is 23.6 Å². The fourth-order valence-corrected chi connectivity index (χ4v) is 3.37. The van der Waals surface area contributed by atoms with Gasteiger partial charge in [-0.2, -0.15) is 13.2 Å². The molecule has 0 atom stereocenters. The third kappa shape index (κ3) is 3.98. The molecule has 0 spiro atoms. The second-order valence-electron chi connectivity index (χ2n) is 5.59. The van der Waals surface area contributed by atoms with E-state index in [0.717, 1.165) is 23.9 Å². The van der Waals surface area contributed by atoms with Gasteiger partial charge in [-0.25, -0.2) is 9.78 Å². The standard InChI is InChI=1S/C17H13F3N2O3S/c1-9-5-10-7-25-16(24)14(10)15(21-9)26-8-13(23)22-12-4-2-3-11(6-12)17(18,19)20/h2-6H,7-8H2,1H3,(H,22,23). The van der Waals surface area contributed by atoms with E-state index in [2.05, 4.69) is 10.3 Å². The van der Waals surface area contributed by atoms with Gasteiger partial charge in [0.2, 0.25) is 5.91 Å². The maximum absolute atomic E-state index is 12.7. The number of nitrogens with one attached hydrogen (secondary N) is 1. The molecule has 0 aliphatic carbocycles. The summed E-state index contributed by atoms with van der Waals surface area (Å²) < 4.78 is 43.1. The summed E-state index contributed by atoms with van der Waals surface area (Å²) >= 11 is 1.03. The van der Waals surface area contributed by atoms with Crippen molar-refractivity contribution >= 4 is 29.3 Å². The van der Waals surface area contributed by atoms with Crippen molar-refractivity contribution in [3.63, 3.8) is 0 Å². The Bertz CT molecular complexity index is 884. The van der Waals surface area contributed by atoms with Gasteiger partial charge in [0.15, 0.2) is 0 Å². The fourth-order valence-electron chi connectivity index (χ4n) is 2.47. The van der Waals surface area contributed by atoms with Crippen molar-refractivity contribution in [2.24, 2.45) is 0 Å². The summed E-state index contributed by atoms with van der Waals surface area (Å²) in [4.78, 5) is 28.1. The third-order valence-electron chi connectivity index (χ3n) is 3.57. The quantitative estimate of drug-likeness (QED) is 0.643. The molecular formula is C17H13F3N2O3S. The van der Waals surface area contributed by atoms with Crippen molar-refractivity contribution in [1.29, 1.82) is 0 Å². The van der Waals surface area contributed by atoms with Crippen LogP contribution in [0, 0.1) is 6.92 Å². The Labute approximate surface area is 150 Å². The summed E-state index contributed by atoms with van der Waals surface area (Å²) in [5, 5.41) is 2.79. The molecule has 1 aliphatic rings. The second kappa shape index (κ2) is 6.99. The minimum Gasteiger partial charge on any atom is -0.457 e. The Kier molecular flexibility index (Phi) is 4.90. The van der Waals surface area contributed by atoms with Crippen LogP contribution < -0.4 is 5.32 Å². The molecule has 0 saturated heterocycles. The molecule has 3 rings (SSSR count). The Balaban J connectivity index is 1.68. The molecule has 0 bridgehead atoms. The van der Waals surface area contributed by atoms with Crippen molar-refractivity contribution in [1.82, 2.24) is 4.98 Å². The van der Waals surface area contributed by atoms with Gasteiger partial charge in [0.25, 0.3) is 0 Å². The lowest BCUT2D eigenvalue weighted by atomic mass is 10.1. The monoisotopic (exact) mass is 382 g/mol. The van der Waals surface area contributed by atoms with Crippen molar-refractivity contribution in [2.45, 2.75) is 24.7 Å². The zero-order valence-electron chi connectivity index (χ0n) is 13.5. The zero-order valence-corrected chi connectivity index (χ0v) is 14.3. The number of hydrogen-bond donors (Lipinski definition) is 1. The molecule has 0 unspecified atom stereocenters. The molecule has 9 heteroatoms. The number of pyridine rings is 1. The summed E-state index contributed by atoms with van der Waals surface area (Å²) in [5.41, 5.74) is 0.940. The normalized spacial score (nSPS) is 13.3. The van der Waals surface area contributed by atoms with Crippen LogP contribution in [-0.2, 0) is 22.3 Å². The van der Waals surface area contributed by atoms with Gasteiger partial charge in [0, 0.05) is 16.9 Å². The third-order valence-corrected chi connectivity index (χ3v) is 4.55. The van der Waals surface area contributed by atoms with Crippen LogP contribution in [0.25, 0.3) is 0 Å². The number of alkyl halides is 3. The molecule has 0 radical (unpaired) electrons. The number of fused-ring (bicyclic) bond motifs is 1. The summed E-state index contributed by atoms with van der Waals surface area (Å²) in [6.45, 7) is 1.93. The number of benzene rings is 1. The Morgan fingerprint density at radius 1 is 1.35 bits per heavy atom. The average molecular weight is 382 g/mol. The minimum absolute atomic E-state index is 0.0484. The molecule has 0 saturated carbocycles. The SMILES string of the molecule is Cc1cc2c(c(SCC(=O)Nc3cccc(C(F)(F)F)c3)n1)C(=O)OC2. The van der Waals surface area contributed by atoms with E-state index in [1.165, 1.54) is 12.1 Å². The fraction of sp³-hybridized carbons (Fsp3) is 0.235. The van der Waals surface area contributed by atoms with Crippen molar-refractivity contribution in [3.05, 3.63) is 52.7 Å². The molecule has 5 nitrogen and oxygen atoms in total. The number of hydrogen-bond acceptors (Lipinski definition) is 5. The largest absolute Gasteiger partial charge is 0.457 e. The van der Waals surface area contributed by atoms with Crippen molar-refractivity contribution in [2.75, 3.05) is 11.1 Å². The van der Waals surface area contributed by atoms with E-state index in [4.69, 9.17) is 4.74 Å². The van der Waals surface area contributed by atoms with Crippen LogP contribution in [0.15, 0.2) is 35.4 Å². The maximum atomic E-state index is 12.7. The highest BCUT2D eigenvalue weighted by atomic mass is 32.2. The van der Waals surface area contributed by atoms with Crippen LogP contribution in [0.5, 0.6) is 0 Å². The highest BCUT2D eigenvalue weighted by molar-refractivity contribution is 8.00. The number of rotatable bonds is 4. The van der Waals surface area contributed by atoms with Crippen LogP contribution in [0.2, 0.25) is 0 Å². The molecule has 136 valence electrons. The molecule has 0 fully saturated rings. The van der Waals surface area contributed by atoms with Gasteiger partial charge in [-0.1, -0.05) is 17.8 Å². The average Bonchev–Trinajstić information content (AvgIpc) is 2.93. The van der Waals surface area contributed by atoms with E-state index in [-0.39, 0.29) is 18.0 Å². The lowest BCUT2D eigenvalue weighted by Crippen LogP contribution is -2.15. The number of nitrogens with zero attached hydrogens (tertiary/aromatic N) is 1. The maximum Gasteiger partial charge on any atom is 0.416 e. The first-order valence-corrected chi connectivity index (χ1v) is 8.50. The topological polar surface area (TPSA) is 68.3 Å². The minimum atomic E-state index is -4.48. The molecule has 2 heterocycles. The highest BCUT2D eigenvalue weighted by Crippen LogP contribution is 2.32. The number of aryl methyl sites for hydroxylation is 1. The summed E-state index contributed by atoms with van der Waals surface area (Å²) in [6, 6.07) is 6.12. The number of ether oxygens (including phenoxy) is 1. The molecule has 1 N–H and O–H groups in total. The second-order valence-corrected chi connectivity index (χ2v) is 6.56. The van der Waals surface area contributed by atoms with Crippen LogP contribution in [-0.4, -0.2) is 22.6 Å². The number of cyclic esters (lactones) is 1. The Morgan fingerprint density at radius 3 is 2.85 bits per heavy atom. The van der Waals surface area contributed by atoms with Crippen LogP contribution in [0.4, 0.5) is 18.9 Å². The zero-order chi connectivity index (χ0) is 18.9. The van der Waals surface area contributed by atoms with E-state index in [1.807, 2.05) is 0 Å². The predicted octanol–water partition coefficient (Wildman–Crippen LogP) is 3.81. The number of anilines is 1. The summed E-state index contributed by atoms with van der Waals surface area (Å²) in [7, 11) is 0. The number of thioether (sulfide) groups is 1. The smallest absolute Gasteiger partial charge is 0.416 e. The lowest BCUT2D eigenvalue weighted by Gasteiger charge is -2.10. The first-order chi connectivity index (χ1) is 12.2. The number of carbonyl (C=O) groups is 2. The number of halogens is 3. The Morgan fingerprint density at radius 2 is 2.12 bits per heavy atom. The molecule has 1 aromatic carbocycles. The first kappa shape index (κ1) is 18.2. The van der Waals surface area contributed by atoms with E-state index >= 15 is 0 Å². The first-order valence-electron chi connectivity index (χ1n) is 7.51. The van der Waals surface area contributed by atoms with Gasteiger partial charge in [0.05, 0.1) is 16.9 Å². The molecule has 1 amide bonds. The predicted molar refractivity (Wildman–Crippen MR) is 88.9 cm³/mol. The van der Waals surface area contributed by atoms with Gasteiger partial charge in [-0.3, -0.25) is 4.79 Å². The van der Waals surface area contributed by atoms with Crippen LogP contribution in [0.1, 0.15) is 27.2 Å². The van der Waals surface area contributed by atoms with Gasteiger partial charge in [-0.15, -0.1) is 0 Å². The van der Waals surface area contributed by atoms with E-state index in [9.17, 15) is 22.8 Å². The van der Waals surface area contributed by atoms with Gasteiger partial charge < -0.3 is 10.1 Å². The van der Waals surface area contributed by atoms with Gasteiger partial charge in [-0.05, 0) is 31.2 Å². The van der Waals surface area contributed by atoms with Crippen LogP contribution in [0.3, 0.4) is 0 Å². The summed E-state index contributed by atoms with van der Waals surface area (Å²) in [6.07, 6.45) is -4.48. The van der Waals surface area contributed by atoms with Gasteiger partial charge >= 0.3 is 12.1 Å². The Hall–Kier alpha value is -2.55. The molecule has 2 aromatic rings. The van der Waals surface area contributed by atoms with Crippen LogP contribution >= 0.6 is 11.8 Å². The highest BCUT2D eigenvalue weighted by Gasteiger charge is 2.30. The summed E-state index contributed by atoms with van der Waals surface area (Å²) in [5.74, 6) is -1.10. The number of carbonyl (C=O) groups excluding carboxylic acids is 2.